The van der Waals surface area contributed by atoms with Crippen LogP contribution in [0.15, 0.2) is 0 Å². The summed E-state index contributed by atoms with van der Waals surface area (Å²) in [5.41, 5.74) is -1.22. The zero-order valence-electron chi connectivity index (χ0n) is 11.0. The van der Waals surface area contributed by atoms with Gasteiger partial charge in [-0.3, -0.25) is 4.79 Å². The fourth-order valence-electron chi connectivity index (χ4n) is 0.819. The van der Waals surface area contributed by atoms with E-state index in [-0.39, 0.29) is 12.0 Å². The highest BCUT2D eigenvalue weighted by molar-refractivity contribution is 5.83. The molecule has 0 aliphatic rings. The van der Waals surface area contributed by atoms with Crippen LogP contribution in [0, 0.1) is 5.92 Å². The molecule has 0 aromatic heterocycles. The highest BCUT2D eigenvalue weighted by Crippen LogP contribution is 2.16. The minimum absolute atomic E-state index is 0.162. The van der Waals surface area contributed by atoms with Crippen LogP contribution in [0.5, 0.6) is 0 Å². The zero-order chi connectivity index (χ0) is 12.9. The Morgan fingerprint density at radius 3 is 2.06 bits per heavy atom. The molecule has 0 spiro atoms. The molecule has 0 aliphatic carbocycles. The van der Waals surface area contributed by atoms with Gasteiger partial charge >= 0.3 is 11.9 Å². The maximum absolute atomic E-state index is 11.7. The number of ether oxygens (including phenoxy) is 2. The molecule has 1 unspecified atom stereocenters. The second-order valence-corrected chi connectivity index (χ2v) is 4.71. The van der Waals surface area contributed by atoms with Gasteiger partial charge in [0.15, 0.2) is 0 Å². The van der Waals surface area contributed by atoms with Gasteiger partial charge in [0.05, 0.1) is 12.0 Å². The topological polar surface area (TPSA) is 52.6 Å². The molecule has 0 saturated carbocycles. The summed E-state index contributed by atoms with van der Waals surface area (Å²) in [6.07, 6.45) is 0.574. The molecule has 0 rings (SSSR count). The summed E-state index contributed by atoms with van der Waals surface area (Å²) in [5.74, 6) is -1.15. The van der Waals surface area contributed by atoms with Gasteiger partial charge in [-0.15, -0.1) is 0 Å². The first kappa shape index (κ1) is 14.9. The Hall–Kier alpha value is -1.06. The van der Waals surface area contributed by atoms with Crippen LogP contribution in [0.1, 0.15) is 48.0 Å². The number of esters is 2. The average molecular weight is 230 g/mol. The lowest BCUT2D eigenvalue weighted by Crippen LogP contribution is -2.41. The summed E-state index contributed by atoms with van der Waals surface area (Å²) in [4.78, 5) is 23.1. The lowest BCUT2D eigenvalue weighted by molar-refractivity contribution is -0.183. The third kappa shape index (κ3) is 4.64. The first-order valence-electron chi connectivity index (χ1n) is 5.64. The predicted octanol–water partition coefficient (Wildman–Crippen LogP) is 2.31. The van der Waals surface area contributed by atoms with Gasteiger partial charge in [0, 0.05) is 0 Å². The van der Waals surface area contributed by atoms with E-state index in [1.165, 1.54) is 13.8 Å². The Labute approximate surface area is 97.3 Å². The summed E-state index contributed by atoms with van der Waals surface area (Å²) in [6.45, 7) is 10.2. The molecule has 4 nitrogen and oxygen atoms in total. The maximum Gasteiger partial charge on any atom is 0.350 e. The van der Waals surface area contributed by atoms with Gasteiger partial charge in [0.25, 0.3) is 0 Å². The van der Waals surface area contributed by atoms with Gasteiger partial charge in [-0.2, -0.15) is 0 Å². The lowest BCUT2D eigenvalue weighted by atomic mass is 10.1. The van der Waals surface area contributed by atoms with Crippen molar-refractivity contribution in [1.82, 2.24) is 0 Å². The first-order valence-corrected chi connectivity index (χ1v) is 5.64. The van der Waals surface area contributed by atoms with Gasteiger partial charge in [-0.1, -0.05) is 20.8 Å². The molecule has 0 fully saturated rings. The Morgan fingerprint density at radius 1 is 1.19 bits per heavy atom. The Bertz CT molecular complexity index is 256. The van der Waals surface area contributed by atoms with Crippen LogP contribution in [0.3, 0.4) is 0 Å². The van der Waals surface area contributed by atoms with Gasteiger partial charge < -0.3 is 9.47 Å². The van der Waals surface area contributed by atoms with Crippen LogP contribution < -0.4 is 0 Å². The van der Waals surface area contributed by atoms with Crippen LogP contribution in [0.4, 0.5) is 0 Å². The molecule has 94 valence electrons. The third-order valence-electron chi connectivity index (χ3n) is 2.20. The molecular formula is C12H22O4. The van der Waals surface area contributed by atoms with E-state index in [1.54, 1.807) is 20.8 Å². The average Bonchev–Trinajstić information content (AvgIpc) is 2.16. The van der Waals surface area contributed by atoms with Crippen molar-refractivity contribution < 1.29 is 19.1 Å². The molecule has 0 aromatic rings. The van der Waals surface area contributed by atoms with Gasteiger partial charge in [-0.05, 0) is 27.2 Å². The monoisotopic (exact) mass is 230 g/mol. The summed E-state index contributed by atoms with van der Waals surface area (Å²) in [7, 11) is 0. The fraction of sp³-hybridized carbons (Fsp3) is 0.833. The van der Waals surface area contributed by atoms with Crippen molar-refractivity contribution in [2.45, 2.75) is 59.7 Å². The molecule has 0 N–H and O–H groups in total. The molecule has 0 amide bonds. The second-order valence-electron chi connectivity index (χ2n) is 4.71. The van der Waals surface area contributed by atoms with Gasteiger partial charge in [0.1, 0.15) is 0 Å². The summed E-state index contributed by atoms with van der Waals surface area (Å²) < 4.78 is 10.2. The molecule has 0 aromatic carbocycles. The van der Waals surface area contributed by atoms with E-state index >= 15 is 0 Å². The van der Waals surface area contributed by atoms with E-state index in [2.05, 4.69) is 0 Å². The largest absolute Gasteiger partial charge is 0.460 e. The van der Waals surface area contributed by atoms with Gasteiger partial charge in [-0.25, -0.2) is 4.79 Å². The van der Waals surface area contributed by atoms with E-state index in [9.17, 15) is 9.59 Å². The Balaban J connectivity index is 4.42. The van der Waals surface area contributed by atoms with Gasteiger partial charge in [0.2, 0.25) is 5.60 Å². The van der Waals surface area contributed by atoms with E-state index in [1.807, 2.05) is 6.92 Å². The van der Waals surface area contributed by atoms with E-state index in [4.69, 9.17) is 9.47 Å². The summed E-state index contributed by atoms with van der Waals surface area (Å²) in [6, 6.07) is 0. The number of hydrogen-bond acceptors (Lipinski definition) is 4. The van der Waals surface area contributed by atoms with Crippen LogP contribution in [-0.2, 0) is 19.1 Å². The molecule has 4 heteroatoms. The lowest BCUT2D eigenvalue weighted by Gasteiger charge is -2.25. The van der Waals surface area contributed by atoms with Crippen molar-refractivity contribution in [2.75, 3.05) is 0 Å². The SMILES string of the molecule is CCC(C)OC(=O)C(C)(C)OC(=O)C(C)C. The normalized spacial score (nSPS) is 13.4. The number of carbonyl (C=O) groups excluding carboxylic acids is 2. The number of carbonyl (C=O) groups is 2. The smallest absolute Gasteiger partial charge is 0.350 e. The fourth-order valence-corrected chi connectivity index (χ4v) is 0.819. The highest BCUT2D eigenvalue weighted by Gasteiger charge is 2.35. The van der Waals surface area contributed by atoms with Crippen LogP contribution in [0.25, 0.3) is 0 Å². The first-order chi connectivity index (χ1) is 7.20. The van der Waals surface area contributed by atoms with Crippen molar-refractivity contribution in [2.24, 2.45) is 5.92 Å². The molecular weight excluding hydrogens is 208 g/mol. The molecule has 0 radical (unpaired) electrons. The van der Waals surface area contributed by atoms with Crippen molar-refractivity contribution in [3.05, 3.63) is 0 Å². The third-order valence-corrected chi connectivity index (χ3v) is 2.20. The summed E-state index contributed by atoms with van der Waals surface area (Å²) >= 11 is 0. The minimum Gasteiger partial charge on any atom is -0.460 e. The van der Waals surface area contributed by atoms with Crippen molar-refractivity contribution in [3.63, 3.8) is 0 Å². The Kier molecular flexibility index (Phi) is 5.48. The second kappa shape index (κ2) is 5.87. The number of hydrogen-bond donors (Lipinski definition) is 0. The van der Waals surface area contributed by atoms with E-state index in [0.717, 1.165) is 6.42 Å². The quantitative estimate of drug-likeness (QED) is 0.680. The highest BCUT2D eigenvalue weighted by atomic mass is 16.6. The van der Waals surface area contributed by atoms with Crippen molar-refractivity contribution >= 4 is 11.9 Å². The minimum atomic E-state index is -1.22. The van der Waals surface area contributed by atoms with Crippen LogP contribution >= 0.6 is 0 Å². The van der Waals surface area contributed by atoms with Crippen molar-refractivity contribution in [3.8, 4) is 0 Å². The van der Waals surface area contributed by atoms with E-state index in [0.29, 0.717) is 0 Å². The molecule has 0 bridgehead atoms. The van der Waals surface area contributed by atoms with Crippen LogP contribution in [0.2, 0.25) is 0 Å². The molecule has 0 heterocycles. The maximum atomic E-state index is 11.7. The zero-order valence-corrected chi connectivity index (χ0v) is 11.0. The summed E-state index contributed by atoms with van der Waals surface area (Å²) in [5, 5.41) is 0. The van der Waals surface area contributed by atoms with Crippen LogP contribution in [-0.4, -0.2) is 23.6 Å². The standard InChI is InChI=1S/C12H22O4/c1-7-9(4)15-11(14)12(5,6)16-10(13)8(2)3/h8-9H,7H2,1-6H3. The van der Waals surface area contributed by atoms with E-state index < -0.39 is 17.5 Å². The number of rotatable bonds is 5. The van der Waals surface area contributed by atoms with Crippen molar-refractivity contribution in [1.29, 1.82) is 0 Å². The molecule has 1 atom stereocenters. The molecule has 0 aliphatic heterocycles. The predicted molar refractivity (Wildman–Crippen MR) is 60.9 cm³/mol. The Morgan fingerprint density at radius 2 is 1.69 bits per heavy atom. The molecule has 0 saturated heterocycles. The molecule has 16 heavy (non-hydrogen) atoms.